The predicted octanol–water partition coefficient (Wildman–Crippen LogP) is 2.95. The highest BCUT2D eigenvalue weighted by atomic mass is 16.4. The standard InChI is InChI=1S/C19H30O8/c1-11-5-2-6-12(13(18(24)25)7-3-9-15(20)21)17(11)14(19(26)27)8-4-10-16(22)23/h11-14,17H,2-10H2,1H3,(H,20,21)(H,22,23)(H,24,25)(H,26,27). The van der Waals surface area contributed by atoms with Crippen molar-refractivity contribution in [3.63, 3.8) is 0 Å². The molecule has 0 amide bonds. The van der Waals surface area contributed by atoms with Crippen LogP contribution in [0.5, 0.6) is 0 Å². The number of aliphatic carboxylic acids is 4. The van der Waals surface area contributed by atoms with Crippen LogP contribution in [-0.2, 0) is 19.2 Å². The molecule has 1 saturated carbocycles. The molecule has 1 rings (SSSR count). The molecular formula is C19H30O8. The number of hydrogen-bond acceptors (Lipinski definition) is 4. The van der Waals surface area contributed by atoms with Crippen LogP contribution in [0.1, 0.15) is 64.7 Å². The Kier molecular flexibility index (Phi) is 9.25. The van der Waals surface area contributed by atoms with E-state index in [0.717, 1.165) is 12.8 Å². The number of rotatable bonds is 12. The minimum absolute atomic E-state index is 0.0241. The molecule has 0 bridgehead atoms. The molecule has 0 spiro atoms. The van der Waals surface area contributed by atoms with Crippen LogP contribution in [0.25, 0.3) is 0 Å². The third-order valence-electron chi connectivity index (χ3n) is 5.78. The molecule has 0 aromatic rings. The van der Waals surface area contributed by atoms with Gasteiger partial charge in [0.25, 0.3) is 0 Å². The summed E-state index contributed by atoms with van der Waals surface area (Å²) in [7, 11) is 0. The fourth-order valence-corrected chi connectivity index (χ4v) is 4.59. The smallest absolute Gasteiger partial charge is 0.306 e. The van der Waals surface area contributed by atoms with Gasteiger partial charge in [0, 0.05) is 12.8 Å². The zero-order valence-electron chi connectivity index (χ0n) is 15.7. The van der Waals surface area contributed by atoms with E-state index in [1.54, 1.807) is 0 Å². The number of carboxylic acids is 4. The molecule has 1 aliphatic rings. The van der Waals surface area contributed by atoms with E-state index in [2.05, 4.69) is 0 Å². The van der Waals surface area contributed by atoms with Gasteiger partial charge in [0.2, 0.25) is 0 Å². The highest BCUT2D eigenvalue weighted by Gasteiger charge is 2.44. The van der Waals surface area contributed by atoms with Crippen LogP contribution in [0.3, 0.4) is 0 Å². The summed E-state index contributed by atoms with van der Waals surface area (Å²) in [4.78, 5) is 45.2. The van der Waals surface area contributed by atoms with E-state index in [4.69, 9.17) is 10.2 Å². The van der Waals surface area contributed by atoms with Gasteiger partial charge in [-0.1, -0.05) is 19.8 Å². The summed E-state index contributed by atoms with van der Waals surface area (Å²) in [5, 5.41) is 37.0. The van der Waals surface area contributed by atoms with E-state index in [-0.39, 0.29) is 56.3 Å². The molecule has 0 aromatic heterocycles. The summed E-state index contributed by atoms with van der Waals surface area (Å²) in [5.74, 6) is -6.23. The molecule has 0 aromatic carbocycles. The minimum Gasteiger partial charge on any atom is -0.481 e. The van der Waals surface area contributed by atoms with Crippen LogP contribution in [0.15, 0.2) is 0 Å². The normalized spacial score (nSPS) is 24.7. The molecule has 8 nitrogen and oxygen atoms in total. The van der Waals surface area contributed by atoms with Gasteiger partial charge in [0.15, 0.2) is 0 Å². The maximum absolute atomic E-state index is 11.9. The van der Waals surface area contributed by atoms with E-state index in [9.17, 15) is 29.4 Å². The largest absolute Gasteiger partial charge is 0.481 e. The van der Waals surface area contributed by atoms with Crippen molar-refractivity contribution < 1.29 is 39.6 Å². The molecular weight excluding hydrogens is 356 g/mol. The van der Waals surface area contributed by atoms with Gasteiger partial charge in [0.1, 0.15) is 0 Å². The highest BCUT2D eigenvalue weighted by molar-refractivity contribution is 5.73. The van der Waals surface area contributed by atoms with Crippen molar-refractivity contribution >= 4 is 23.9 Å². The molecule has 5 atom stereocenters. The Bertz CT molecular complexity index is 544. The fourth-order valence-electron chi connectivity index (χ4n) is 4.59. The minimum atomic E-state index is -1.01. The van der Waals surface area contributed by atoms with E-state index in [0.29, 0.717) is 6.42 Å². The maximum Gasteiger partial charge on any atom is 0.306 e. The van der Waals surface area contributed by atoms with Crippen molar-refractivity contribution in [1.29, 1.82) is 0 Å². The third kappa shape index (κ3) is 7.19. The Morgan fingerprint density at radius 1 is 0.815 bits per heavy atom. The van der Waals surface area contributed by atoms with Crippen LogP contribution >= 0.6 is 0 Å². The second-order valence-corrected chi connectivity index (χ2v) is 7.61. The molecule has 0 saturated heterocycles. The Hall–Kier alpha value is -2.12. The van der Waals surface area contributed by atoms with Crippen LogP contribution in [0.2, 0.25) is 0 Å². The van der Waals surface area contributed by atoms with Crippen molar-refractivity contribution in [2.24, 2.45) is 29.6 Å². The Labute approximate surface area is 158 Å². The van der Waals surface area contributed by atoms with Gasteiger partial charge >= 0.3 is 23.9 Å². The summed E-state index contributed by atoms with van der Waals surface area (Å²) in [6.07, 6.45) is 2.87. The van der Waals surface area contributed by atoms with Gasteiger partial charge in [-0.3, -0.25) is 19.2 Å². The number of hydrogen-bond donors (Lipinski definition) is 4. The van der Waals surface area contributed by atoms with Crippen LogP contribution in [0, 0.1) is 29.6 Å². The molecule has 0 heterocycles. The van der Waals surface area contributed by atoms with Crippen molar-refractivity contribution in [3.8, 4) is 0 Å². The van der Waals surface area contributed by atoms with Crippen LogP contribution in [-0.4, -0.2) is 44.3 Å². The van der Waals surface area contributed by atoms with E-state index >= 15 is 0 Å². The fraction of sp³-hybridized carbons (Fsp3) is 0.789. The highest BCUT2D eigenvalue weighted by Crippen LogP contribution is 2.45. The Morgan fingerprint density at radius 2 is 1.30 bits per heavy atom. The maximum atomic E-state index is 11.9. The number of carboxylic acid groups (broad SMARTS) is 4. The quantitative estimate of drug-likeness (QED) is 0.400. The molecule has 1 fully saturated rings. The van der Waals surface area contributed by atoms with Crippen molar-refractivity contribution in [3.05, 3.63) is 0 Å². The average Bonchev–Trinajstić information content (AvgIpc) is 2.55. The molecule has 154 valence electrons. The average molecular weight is 386 g/mol. The number of carbonyl (C=O) groups is 4. The first-order chi connectivity index (χ1) is 12.6. The van der Waals surface area contributed by atoms with Gasteiger partial charge in [-0.15, -0.1) is 0 Å². The van der Waals surface area contributed by atoms with E-state index < -0.39 is 35.7 Å². The summed E-state index contributed by atoms with van der Waals surface area (Å²) < 4.78 is 0. The zero-order chi connectivity index (χ0) is 20.6. The van der Waals surface area contributed by atoms with Gasteiger partial charge in [-0.05, 0) is 49.9 Å². The van der Waals surface area contributed by atoms with Crippen LogP contribution in [0.4, 0.5) is 0 Å². The van der Waals surface area contributed by atoms with E-state index in [1.165, 1.54) is 0 Å². The first-order valence-electron chi connectivity index (χ1n) is 9.54. The lowest BCUT2D eigenvalue weighted by molar-refractivity contribution is -0.153. The first-order valence-corrected chi connectivity index (χ1v) is 9.54. The lowest BCUT2D eigenvalue weighted by Gasteiger charge is -2.42. The zero-order valence-corrected chi connectivity index (χ0v) is 15.7. The second-order valence-electron chi connectivity index (χ2n) is 7.61. The Balaban J connectivity index is 3.00. The lowest BCUT2D eigenvalue weighted by Crippen LogP contribution is -2.42. The predicted molar refractivity (Wildman–Crippen MR) is 95.2 cm³/mol. The monoisotopic (exact) mass is 386 g/mol. The van der Waals surface area contributed by atoms with Crippen molar-refractivity contribution in [2.75, 3.05) is 0 Å². The van der Waals surface area contributed by atoms with E-state index in [1.807, 2.05) is 6.92 Å². The summed E-state index contributed by atoms with van der Waals surface area (Å²) in [6, 6.07) is 0. The molecule has 5 unspecified atom stereocenters. The summed E-state index contributed by atoms with van der Waals surface area (Å²) in [5.41, 5.74) is 0. The molecule has 0 aliphatic heterocycles. The second kappa shape index (κ2) is 10.9. The molecule has 27 heavy (non-hydrogen) atoms. The van der Waals surface area contributed by atoms with Gasteiger partial charge < -0.3 is 20.4 Å². The van der Waals surface area contributed by atoms with Crippen molar-refractivity contribution in [2.45, 2.75) is 64.7 Å². The van der Waals surface area contributed by atoms with Gasteiger partial charge in [-0.25, -0.2) is 0 Å². The van der Waals surface area contributed by atoms with Gasteiger partial charge in [0.05, 0.1) is 11.8 Å². The first kappa shape index (κ1) is 22.9. The van der Waals surface area contributed by atoms with Crippen LogP contribution < -0.4 is 0 Å². The SMILES string of the molecule is CC1CCCC(C(CCCC(=O)O)C(=O)O)C1C(CCCC(=O)O)C(=O)O. The summed E-state index contributed by atoms with van der Waals surface area (Å²) in [6.45, 7) is 1.93. The molecule has 8 heteroatoms. The topological polar surface area (TPSA) is 149 Å². The molecule has 4 N–H and O–H groups in total. The molecule has 1 aliphatic carbocycles. The van der Waals surface area contributed by atoms with Crippen molar-refractivity contribution in [1.82, 2.24) is 0 Å². The Morgan fingerprint density at radius 3 is 1.74 bits per heavy atom. The van der Waals surface area contributed by atoms with Gasteiger partial charge in [-0.2, -0.15) is 0 Å². The summed E-state index contributed by atoms with van der Waals surface area (Å²) >= 11 is 0. The molecule has 0 radical (unpaired) electrons. The third-order valence-corrected chi connectivity index (χ3v) is 5.78. The lowest BCUT2D eigenvalue weighted by atomic mass is 9.61.